The highest BCUT2D eigenvalue weighted by Crippen LogP contribution is 2.13. The van der Waals surface area contributed by atoms with Gasteiger partial charge in [-0.2, -0.15) is 0 Å². The topological polar surface area (TPSA) is 44.8 Å². The zero-order chi connectivity index (χ0) is 19.8. The van der Waals surface area contributed by atoms with Gasteiger partial charge in [-0.25, -0.2) is 9.18 Å². The Bertz CT molecular complexity index is 776. The standard InChI is InChI=1S/C22H28FN3O2/c1-28-20-7-4-5-18(17-20)9-11-24-22(27)26-15-13-25(14-16-26)12-10-19-6-2-3-8-21(19)23/h2-8,17H,9-16H2,1H3,(H,24,27). The maximum Gasteiger partial charge on any atom is 0.317 e. The van der Waals surface area contributed by atoms with Gasteiger partial charge in [-0.1, -0.05) is 30.3 Å². The van der Waals surface area contributed by atoms with E-state index >= 15 is 0 Å². The molecule has 0 unspecified atom stereocenters. The van der Waals surface area contributed by atoms with Crippen molar-refractivity contribution in [3.8, 4) is 5.75 Å². The van der Waals surface area contributed by atoms with Gasteiger partial charge in [0, 0.05) is 39.3 Å². The van der Waals surface area contributed by atoms with E-state index in [9.17, 15) is 9.18 Å². The molecule has 1 N–H and O–H groups in total. The highest BCUT2D eigenvalue weighted by molar-refractivity contribution is 5.74. The fourth-order valence-corrected chi connectivity index (χ4v) is 3.41. The Balaban J connectivity index is 1.36. The first-order valence-electron chi connectivity index (χ1n) is 9.77. The molecule has 3 rings (SSSR count). The third-order valence-corrected chi connectivity index (χ3v) is 5.14. The van der Waals surface area contributed by atoms with E-state index in [0.29, 0.717) is 26.1 Å². The summed E-state index contributed by atoms with van der Waals surface area (Å²) in [6.45, 7) is 4.44. The Morgan fingerprint density at radius 2 is 1.86 bits per heavy atom. The number of hydrogen-bond donors (Lipinski definition) is 1. The van der Waals surface area contributed by atoms with Crippen molar-refractivity contribution in [3.63, 3.8) is 0 Å². The molecule has 1 fully saturated rings. The van der Waals surface area contributed by atoms with Gasteiger partial charge < -0.3 is 15.0 Å². The number of carbonyl (C=O) groups is 1. The second-order valence-corrected chi connectivity index (χ2v) is 7.00. The molecule has 1 aliphatic rings. The molecule has 0 radical (unpaired) electrons. The van der Waals surface area contributed by atoms with Crippen LogP contribution in [0.3, 0.4) is 0 Å². The summed E-state index contributed by atoms with van der Waals surface area (Å²) in [5, 5.41) is 3.00. The lowest BCUT2D eigenvalue weighted by molar-refractivity contribution is 0.140. The van der Waals surface area contributed by atoms with Crippen LogP contribution in [0.4, 0.5) is 9.18 Å². The molecule has 1 saturated heterocycles. The van der Waals surface area contributed by atoms with Crippen LogP contribution in [-0.2, 0) is 12.8 Å². The molecule has 2 amide bonds. The minimum atomic E-state index is -0.142. The highest BCUT2D eigenvalue weighted by Gasteiger charge is 2.20. The number of benzene rings is 2. The van der Waals surface area contributed by atoms with E-state index in [4.69, 9.17) is 4.74 Å². The zero-order valence-electron chi connectivity index (χ0n) is 16.4. The Kier molecular flexibility index (Phi) is 7.25. The van der Waals surface area contributed by atoms with Gasteiger partial charge in [-0.3, -0.25) is 4.90 Å². The third-order valence-electron chi connectivity index (χ3n) is 5.14. The number of nitrogens with zero attached hydrogens (tertiary/aromatic N) is 2. The first kappa shape index (κ1) is 20.1. The van der Waals surface area contributed by atoms with Gasteiger partial charge in [0.1, 0.15) is 11.6 Å². The van der Waals surface area contributed by atoms with Crippen LogP contribution in [0.1, 0.15) is 11.1 Å². The summed E-state index contributed by atoms with van der Waals surface area (Å²) < 4.78 is 18.9. The van der Waals surface area contributed by atoms with Crippen LogP contribution in [0.5, 0.6) is 5.75 Å². The monoisotopic (exact) mass is 385 g/mol. The molecule has 1 aliphatic heterocycles. The molecule has 0 atom stereocenters. The summed E-state index contributed by atoms with van der Waals surface area (Å²) in [4.78, 5) is 16.5. The van der Waals surface area contributed by atoms with Gasteiger partial charge in [0.2, 0.25) is 0 Å². The van der Waals surface area contributed by atoms with Crippen LogP contribution < -0.4 is 10.1 Å². The summed E-state index contributed by atoms with van der Waals surface area (Å²) >= 11 is 0. The van der Waals surface area contributed by atoms with E-state index < -0.39 is 0 Å². The largest absolute Gasteiger partial charge is 0.497 e. The summed E-state index contributed by atoms with van der Waals surface area (Å²) in [5.41, 5.74) is 1.89. The average molecular weight is 385 g/mol. The molecule has 0 saturated carbocycles. The van der Waals surface area contributed by atoms with E-state index in [1.807, 2.05) is 41.3 Å². The molecule has 2 aromatic carbocycles. The van der Waals surface area contributed by atoms with E-state index in [-0.39, 0.29) is 11.8 Å². The van der Waals surface area contributed by atoms with Crippen molar-refractivity contribution in [3.05, 3.63) is 65.5 Å². The molecule has 150 valence electrons. The lowest BCUT2D eigenvalue weighted by Crippen LogP contribution is -2.52. The lowest BCUT2D eigenvalue weighted by Gasteiger charge is -2.34. The predicted octanol–water partition coefficient (Wildman–Crippen LogP) is 2.95. The minimum Gasteiger partial charge on any atom is -0.497 e. The smallest absolute Gasteiger partial charge is 0.317 e. The number of nitrogens with one attached hydrogen (secondary N) is 1. The number of rotatable bonds is 7. The van der Waals surface area contributed by atoms with Crippen molar-refractivity contribution < 1.29 is 13.9 Å². The summed E-state index contributed by atoms with van der Waals surface area (Å²) in [7, 11) is 1.65. The first-order valence-corrected chi connectivity index (χ1v) is 9.77. The van der Waals surface area contributed by atoms with Crippen molar-refractivity contribution in [2.24, 2.45) is 0 Å². The van der Waals surface area contributed by atoms with Crippen LogP contribution in [0, 0.1) is 5.82 Å². The van der Waals surface area contributed by atoms with Crippen LogP contribution >= 0.6 is 0 Å². The Labute approximate surface area is 166 Å². The van der Waals surface area contributed by atoms with Crippen molar-refractivity contribution in [1.82, 2.24) is 15.1 Å². The van der Waals surface area contributed by atoms with Crippen LogP contribution in [-0.4, -0.2) is 62.2 Å². The average Bonchev–Trinajstić information content (AvgIpc) is 2.73. The molecule has 5 nitrogen and oxygen atoms in total. The maximum absolute atomic E-state index is 13.7. The zero-order valence-corrected chi connectivity index (χ0v) is 16.4. The van der Waals surface area contributed by atoms with Crippen molar-refractivity contribution in [1.29, 1.82) is 0 Å². The molecule has 1 heterocycles. The second-order valence-electron chi connectivity index (χ2n) is 7.00. The fourth-order valence-electron chi connectivity index (χ4n) is 3.41. The van der Waals surface area contributed by atoms with Gasteiger partial charge in [0.05, 0.1) is 7.11 Å². The van der Waals surface area contributed by atoms with Gasteiger partial charge in [0.15, 0.2) is 0 Å². The molecule has 0 bridgehead atoms. The van der Waals surface area contributed by atoms with Gasteiger partial charge in [0.25, 0.3) is 0 Å². The predicted molar refractivity (Wildman–Crippen MR) is 108 cm³/mol. The molecule has 0 spiro atoms. The van der Waals surface area contributed by atoms with Crippen molar-refractivity contribution in [2.45, 2.75) is 12.8 Å². The Morgan fingerprint density at radius 3 is 2.61 bits per heavy atom. The molecular formula is C22H28FN3O2. The lowest BCUT2D eigenvalue weighted by atomic mass is 10.1. The fraction of sp³-hybridized carbons (Fsp3) is 0.409. The molecule has 0 aliphatic carbocycles. The molecule has 0 aromatic heterocycles. The number of piperazine rings is 1. The summed E-state index contributed by atoms with van der Waals surface area (Å²) in [6, 6.07) is 14.8. The van der Waals surface area contributed by atoms with Crippen LogP contribution in [0.25, 0.3) is 0 Å². The Morgan fingerprint density at radius 1 is 1.07 bits per heavy atom. The number of methoxy groups -OCH3 is 1. The first-order chi connectivity index (χ1) is 13.7. The number of amides is 2. The van der Waals surface area contributed by atoms with Crippen molar-refractivity contribution >= 4 is 6.03 Å². The normalized spacial score (nSPS) is 14.7. The second kappa shape index (κ2) is 10.1. The number of urea groups is 1. The van der Waals surface area contributed by atoms with E-state index in [0.717, 1.165) is 42.9 Å². The number of ether oxygens (including phenoxy) is 1. The molecule has 6 heteroatoms. The van der Waals surface area contributed by atoms with E-state index in [2.05, 4.69) is 10.2 Å². The minimum absolute atomic E-state index is 0.0170. The third kappa shape index (κ3) is 5.70. The number of halogens is 1. The number of hydrogen-bond acceptors (Lipinski definition) is 3. The van der Waals surface area contributed by atoms with Gasteiger partial charge in [-0.05, 0) is 42.2 Å². The van der Waals surface area contributed by atoms with Gasteiger partial charge in [-0.15, -0.1) is 0 Å². The van der Waals surface area contributed by atoms with Gasteiger partial charge >= 0.3 is 6.03 Å². The number of carbonyl (C=O) groups excluding carboxylic acids is 1. The molecule has 2 aromatic rings. The summed E-state index contributed by atoms with van der Waals surface area (Å²) in [5.74, 6) is 0.687. The SMILES string of the molecule is COc1cccc(CCNC(=O)N2CCN(CCc3ccccc3F)CC2)c1. The van der Waals surface area contributed by atoms with E-state index in [1.165, 1.54) is 6.07 Å². The van der Waals surface area contributed by atoms with Crippen molar-refractivity contribution in [2.75, 3.05) is 46.4 Å². The van der Waals surface area contributed by atoms with Crippen LogP contribution in [0.2, 0.25) is 0 Å². The Hall–Kier alpha value is -2.60. The molecular weight excluding hydrogens is 357 g/mol. The quantitative estimate of drug-likeness (QED) is 0.797. The summed E-state index contributed by atoms with van der Waals surface area (Å²) in [6.07, 6.45) is 1.46. The maximum atomic E-state index is 13.7. The highest BCUT2D eigenvalue weighted by atomic mass is 19.1. The van der Waals surface area contributed by atoms with E-state index in [1.54, 1.807) is 13.2 Å². The van der Waals surface area contributed by atoms with Crippen LogP contribution in [0.15, 0.2) is 48.5 Å². The molecule has 28 heavy (non-hydrogen) atoms.